The highest BCUT2D eigenvalue weighted by Gasteiger charge is 2.60. The van der Waals surface area contributed by atoms with Gasteiger partial charge in [-0.05, 0) is 18.6 Å². The minimum Gasteiger partial charge on any atom is -0.496 e. The van der Waals surface area contributed by atoms with Gasteiger partial charge in [0.25, 0.3) is 0 Å². The third kappa shape index (κ3) is 3.36. The Bertz CT molecular complexity index is 1210. The molecule has 0 aromatic heterocycles. The summed E-state index contributed by atoms with van der Waals surface area (Å²) in [6, 6.07) is 9.00. The fraction of sp³-hybridized carbons (Fsp3) is 0.360. The highest BCUT2D eigenvalue weighted by molar-refractivity contribution is 6.36. The lowest BCUT2D eigenvalue weighted by Gasteiger charge is -2.35. The average molecular weight is 486 g/mol. The third-order valence-electron chi connectivity index (χ3n) is 6.43. The number of hydrogen-bond acceptors (Lipinski definition) is 8. The van der Waals surface area contributed by atoms with Crippen molar-refractivity contribution < 1.29 is 33.3 Å². The maximum absolute atomic E-state index is 13.5. The van der Waals surface area contributed by atoms with Gasteiger partial charge in [0, 0.05) is 23.8 Å². The molecule has 1 spiro atoms. The lowest BCUT2D eigenvalue weighted by atomic mass is 9.74. The summed E-state index contributed by atoms with van der Waals surface area (Å²) in [6.45, 7) is 2.64. The van der Waals surface area contributed by atoms with Gasteiger partial charge in [-0.1, -0.05) is 30.7 Å². The summed E-state index contributed by atoms with van der Waals surface area (Å²) >= 11 is 6.42. The van der Waals surface area contributed by atoms with Crippen LogP contribution in [0.1, 0.15) is 23.7 Å². The van der Waals surface area contributed by atoms with Crippen LogP contribution < -0.4 is 29.0 Å². The van der Waals surface area contributed by atoms with Gasteiger partial charge in [0.2, 0.25) is 17.2 Å². The normalized spacial score (nSPS) is 24.9. The van der Waals surface area contributed by atoms with Crippen LogP contribution in [0.2, 0.25) is 5.02 Å². The molecule has 0 saturated heterocycles. The van der Waals surface area contributed by atoms with Gasteiger partial charge in [0.05, 0.1) is 20.8 Å². The van der Waals surface area contributed by atoms with Crippen LogP contribution in [0.4, 0.5) is 0 Å². The van der Waals surface area contributed by atoms with Crippen LogP contribution in [0.3, 0.4) is 0 Å². The van der Waals surface area contributed by atoms with Gasteiger partial charge >= 0.3 is 0 Å². The molecule has 0 saturated carbocycles. The molecule has 3 atom stereocenters. The summed E-state index contributed by atoms with van der Waals surface area (Å²) in [7, 11) is 2.89. The largest absolute Gasteiger partial charge is 0.496 e. The first-order chi connectivity index (χ1) is 16.4. The molecule has 0 amide bonds. The smallest absolute Gasteiger partial charge is 0.236 e. The zero-order valence-electron chi connectivity index (χ0n) is 19.0. The fourth-order valence-electron chi connectivity index (χ4n) is 4.66. The molecule has 5 rings (SSSR count). The van der Waals surface area contributed by atoms with E-state index in [0.717, 1.165) is 0 Å². The maximum Gasteiger partial charge on any atom is 0.236 e. The Kier molecular flexibility index (Phi) is 5.56. The Hall–Kier alpha value is -3.39. The Morgan fingerprint density at radius 3 is 2.59 bits per heavy atom. The van der Waals surface area contributed by atoms with Crippen molar-refractivity contribution in [2.45, 2.75) is 25.0 Å². The highest BCUT2D eigenvalue weighted by Crippen LogP contribution is 2.52. The quantitative estimate of drug-likeness (QED) is 0.642. The van der Waals surface area contributed by atoms with Crippen molar-refractivity contribution in [1.29, 1.82) is 0 Å². The number of rotatable bonds is 5. The number of hydrogen-bond donors (Lipinski definition) is 1. The van der Waals surface area contributed by atoms with Crippen LogP contribution in [0.5, 0.6) is 28.7 Å². The van der Waals surface area contributed by atoms with Gasteiger partial charge in [0.1, 0.15) is 34.8 Å². The standard InChI is InChI=1S/C25H24ClNO7/c1-13-8-14(27-11-15-12-32-16-6-4-5-7-17(16)33-15)9-20(28)25(13)24(29)21-18(30-2)10-19(31-3)22(26)23(21)34-25/h4-7,9-10,13,15,27H,8,11-12H2,1-3H3. The maximum atomic E-state index is 13.5. The van der Waals surface area contributed by atoms with E-state index >= 15 is 0 Å². The van der Waals surface area contributed by atoms with E-state index in [1.807, 2.05) is 31.2 Å². The molecule has 3 unspecified atom stereocenters. The first-order valence-corrected chi connectivity index (χ1v) is 11.3. The van der Waals surface area contributed by atoms with E-state index < -0.39 is 23.1 Å². The Labute approximate surface area is 201 Å². The van der Waals surface area contributed by atoms with Crippen molar-refractivity contribution >= 4 is 23.2 Å². The summed E-state index contributed by atoms with van der Waals surface area (Å²) < 4.78 is 28.4. The van der Waals surface area contributed by atoms with Crippen molar-refractivity contribution in [2.75, 3.05) is 27.4 Å². The topological polar surface area (TPSA) is 92.3 Å². The Morgan fingerprint density at radius 1 is 1.15 bits per heavy atom. The molecule has 2 heterocycles. The van der Waals surface area contributed by atoms with Gasteiger partial charge in [0.15, 0.2) is 17.2 Å². The lowest BCUT2D eigenvalue weighted by molar-refractivity contribution is -0.129. The number of allylic oxidation sites excluding steroid dienone is 1. The number of fused-ring (bicyclic) bond motifs is 2. The molecular weight excluding hydrogens is 462 g/mol. The molecular formula is C25H24ClNO7. The SMILES string of the molecule is COc1cc(OC)c2c(c1Cl)OC1(C(=O)C=C(NCC3COc4ccccc4O3)CC1C)C2=O. The second-order valence-corrected chi connectivity index (χ2v) is 8.86. The number of methoxy groups -OCH3 is 2. The van der Waals surface area contributed by atoms with Crippen molar-refractivity contribution in [3.63, 3.8) is 0 Å². The van der Waals surface area contributed by atoms with E-state index in [4.69, 9.17) is 35.3 Å². The molecule has 2 aliphatic heterocycles. The Balaban J connectivity index is 1.36. The number of para-hydroxylation sites is 2. The summed E-state index contributed by atoms with van der Waals surface area (Å²) in [5.74, 6) is 0.695. The van der Waals surface area contributed by atoms with Crippen molar-refractivity contribution in [2.24, 2.45) is 5.92 Å². The fourth-order valence-corrected chi connectivity index (χ4v) is 4.93. The lowest BCUT2D eigenvalue weighted by Crippen LogP contribution is -2.55. The first-order valence-electron chi connectivity index (χ1n) is 10.9. The van der Waals surface area contributed by atoms with Crippen LogP contribution in [-0.2, 0) is 4.79 Å². The van der Waals surface area contributed by atoms with E-state index in [1.54, 1.807) is 0 Å². The van der Waals surface area contributed by atoms with E-state index in [1.165, 1.54) is 26.4 Å². The molecule has 1 N–H and O–H groups in total. The number of ketones is 2. The third-order valence-corrected chi connectivity index (χ3v) is 6.79. The van der Waals surface area contributed by atoms with Crippen LogP contribution in [-0.4, -0.2) is 50.6 Å². The van der Waals surface area contributed by atoms with E-state index in [0.29, 0.717) is 42.5 Å². The summed E-state index contributed by atoms with van der Waals surface area (Å²) in [4.78, 5) is 26.9. The number of nitrogens with one attached hydrogen (secondary N) is 1. The van der Waals surface area contributed by atoms with Crippen LogP contribution in [0.25, 0.3) is 0 Å². The van der Waals surface area contributed by atoms with Crippen molar-refractivity contribution in [3.8, 4) is 28.7 Å². The molecule has 178 valence electrons. The summed E-state index contributed by atoms with van der Waals surface area (Å²) in [6.07, 6.45) is 1.63. The van der Waals surface area contributed by atoms with Gasteiger partial charge in [-0.3, -0.25) is 9.59 Å². The monoisotopic (exact) mass is 485 g/mol. The highest BCUT2D eigenvalue weighted by atomic mass is 35.5. The molecule has 8 nitrogen and oxygen atoms in total. The van der Waals surface area contributed by atoms with Crippen LogP contribution in [0, 0.1) is 5.92 Å². The zero-order chi connectivity index (χ0) is 24.0. The Morgan fingerprint density at radius 2 is 1.88 bits per heavy atom. The number of carbonyl (C=O) groups is 2. The molecule has 0 radical (unpaired) electrons. The minimum atomic E-state index is -1.69. The second kappa shape index (κ2) is 8.43. The number of ether oxygens (including phenoxy) is 5. The van der Waals surface area contributed by atoms with E-state index in [2.05, 4.69) is 5.32 Å². The number of benzene rings is 2. The predicted octanol–water partition coefficient (Wildman–Crippen LogP) is 3.59. The zero-order valence-corrected chi connectivity index (χ0v) is 19.7. The number of carbonyl (C=O) groups excluding carboxylic acids is 2. The van der Waals surface area contributed by atoms with E-state index in [9.17, 15) is 9.59 Å². The van der Waals surface area contributed by atoms with Crippen LogP contribution >= 0.6 is 11.6 Å². The number of halogens is 1. The molecule has 1 aliphatic carbocycles. The van der Waals surface area contributed by atoms with E-state index in [-0.39, 0.29) is 28.2 Å². The van der Waals surface area contributed by atoms with Gasteiger partial charge in [-0.2, -0.15) is 0 Å². The molecule has 0 bridgehead atoms. The summed E-state index contributed by atoms with van der Waals surface area (Å²) in [5.41, 5.74) is -0.835. The van der Waals surface area contributed by atoms with Crippen molar-refractivity contribution in [3.05, 3.63) is 52.7 Å². The van der Waals surface area contributed by atoms with Gasteiger partial charge in [-0.15, -0.1) is 0 Å². The second-order valence-electron chi connectivity index (χ2n) is 8.48. The summed E-state index contributed by atoms with van der Waals surface area (Å²) in [5, 5.41) is 3.41. The van der Waals surface area contributed by atoms with Crippen molar-refractivity contribution in [1.82, 2.24) is 5.32 Å². The molecule has 3 aliphatic rings. The molecule has 2 aromatic rings. The van der Waals surface area contributed by atoms with Gasteiger partial charge < -0.3 is 29.0 Å². The molecule has 34 heavy (non-hydrogen) atoms. The average Bonchev–Trinajstić information content (AvgIpc) is 3.16. The minimum absolute atomic E-state index is 0.110. The molecule has 2 aromatic carbocycles. The molecule has 0 fully saturated rings. The molecule has 9 heteroatoms. The van der Waals surface area contributed by atoms with Gasteiger partial charge in [-0.25, -0.2) is 0 Å². The first kappa shape index (κ1) is 22.4. The van der Waals surface area contributed by atoms with Crippen LogP contribution in [0.15, 0.2) is 42.1 Å². The number of Topliss-reactive ketones (excluding diaryl/α,β-unsaturated/α-hetero) is 1. The predicted molar refractivity (Wildman–Crippen MR) is 123 cm³/mol.